The van der Waals surface area contributed by atoms with Crippen molar-refractivity contribution in [2.24, 2.45) is 0 Å². The third-order valence-corrected chi connectivity index (χ3v) is 4.51. The van der Waals surface area contributed by atoms with E-state index in [0.29, 0.717) is 0 Å². The SMILES string of the molecule is CCc1nc(N2CCn3cnnc3C2)sc1CNC. The minimum Gasteiger partial charge on any atom is -0.339 e. The van der Waals surface area contributed by atoms with E-state index < -0.39 is 0 Å². The molecule has 0 bridgehead atoms. The average Bonchev–Trinajstić information content (AvgIpc) is 3.04. The first-order chi connectivity index (χ1) is 9.31. The second kappa shape index (κ2) is 5.26. The summed E-state index contributed by atoms with van der Waals surface area (Å²) in [7, 11) is 1.97. The summed E-state index contributed by atoms with van der Waals surface area (Å²) in [4.78, 5) is 8.41. The molecule has 0 amide bonds. The Labute approximate surface area is 116 Å². The first-order valence-corrected chi connectivity index (χ1v) is 7.38. The molecular weight excluding hydrogens is 260 g/mol. The van der Waals surface area contributed by atoms with Gasteiger partial charge >= 0.3 is 0 Å². The fourth-order valence-electron chi connectivity index (χ4n) is 2.31. The number of nitrogens with zero attached hydrogens (tertiary/aromatic N) is 5. The van der Waals surface area contributed by atoms with Crippen molar-refractivity contribution in [1.29, 1.82) is 0 Å². The Balaban J connectivity index is 1.83. The Morgan fingerprint density at radius 3 is 3.11 bits per heavy atom. The lowest BCUT2D eigenvalue weighted by molar-refractivity contribution is 0.559. The van der Waals surface area contributed by atoms with Gasteiger partial charge in [-0.3, -0.25) is 0 Å². The van der Waals surface area contributed by atoms with Gasteiger partial charge in [-0.25, -0.2) is 4.98 Å². The summed E-state index contributed by atoms with van der Waals surface area (Å²) in [6.07, 6.45) is 2.79. The van der Waals surface area contributed by atoms with E-state index >= 15 is 0 Å². The van der Waals surface area contributed by atoms with Crippen molar-refractivity contribution in [3.8, 4) is 0 Å². The number of thiazole rings is 1. The van der Waals surface area contributed by atoms with Crippen molar-refractivity contribution in [1.82, 2.24) is 25.1 Å². The van der Waals surface area contributed by atoms with Crippen LogP contribution in [0.1, 0.15) is 23.3 Å². The summed E-state index contributed by atoms with van der Waals surface area (Å²) < 4.78 is 2.11. The van der Waals surface area contributed by atoms with Gasteiger partial charge in [0, 0.05) is 24.5 Å². The Bertz CT molecular complexity index is 560. The predicted octanol–water partition coefficient (Wildman–Crippen LogP) is 1.04. The number of anilines is 1. The zero-order valence-corrected chi connectivity index (χ0v) is 12.1. The van der Waals surface area contributed by atoms with Crippen molar-refractivity contribution in [2.75, 3.05) is 18.5 Å². The van der Waals surface area contributed by atoms with E-state index in [9.17, 15) is 0 Å². The molecule has 0 atom stereocenters. The molecule has 0 unspecified atom stereocenters. The summed E-state index contributed by atoms with van der Waals surface area (Å²) in [6.45, 7) is 5.76. The van der Waals surface area contributed by atoms with Crippen LogP contribution < -0.4 is 10.2 Å². The third kappa shape index (κ3) is 2.35. The lowest BCUT2D eigenvalue weighted by Gasteiger charge is -2.26. The molecule has 6 nitrogen and oxygen atoms in total. The van der Waals surface area contributed by atoms with Crippen LogP contribution in [-0.2, 0) is 26.1 Å². The molecule has 0 fully saturated rings. The van der Waals surface area contributed by atoms with E-state index in [4.69, 9.17) is 4.98 Å². The molecule has 0 radical (unpaired) electrons. The molecular formula is C12H18N6S. The predicted molar refractivity (Wildman–Crippen MR) is 75.3 cm³/mol. The number of rotatable bonds is 4. The molecule has 1 aliphatic rings. The summed E-state index contributed by atoms with van der Waals surface area (Å²) in [5.74, 6) is 1.02. The van der Waals surface area contributed by atoms with Crippen LogP contribution in [0.5, 0.6) is 0 Å². The topological polar surface area (TPSA) is 58.9 Å². The fraction of sp³-hybridized carbons (Fsp3) is 0.583. The van der Waals surface area contributed by atoms with E-state index in [1.165, 1.54) is 10.6 Å². The van der Waals surface area contributed by atoms with Crippen LogP contribution in [0.3, 0.4) is 0 Å². The Hall–Kier alpha value is -1.47. The molecule has 0 aliphatic carbocycles. The van der Waals surface area contributed by atoms with Crippen molar-refractivity contribution in [2.45, 2.75) is 33.0 Å². The molecule has 0 saturated heterocycles. The highest BCUT2D eigenvalue weighted by molar-refractivity contribution is 7.15. The first kappa shape index (κ1) is 12.6. The standard InChI is InChI=1S/C12H18N6S/c1-3-9-10(6-13-2)19-12(15-9)17-4-5-18-8-14-16-11(18)7-17/h8,13H,3-7H2,1-2H3. The van der Waals surface area contributed by atoms with Gasteiger partial charge in [0.15, 0.2) is 11.0 Å². The Kier molecular flexibility index (Phi) is 3.48. The molecule has 0 aromatic carbocycles. The highest BCUT2D eigenvalue weighted by atomic mass is 32.1. The molecule has 0 spiro atoms. The first-order valence-electron chi connectivity index (χ1n) is 6.56. The Morgan fingerprint density at radius 2 is 2.32 bits per heavy atom. The maximum atomic E-state index is 4.78. The van der Waals surface area contributed by atoms with Crippen LogP contribution in [0, 0.1) is 0 Å². The fourth-order valence-corrected chi connectivity index (χ4v) is 3.49. The highest BCUT2D eigenvalue weighted by Crippen LogP contribution is 2.28. The van der Waals surface area contributed by atoms with Gasteiger partial charge in [-0.05, 0) is 13.5 Å². The van der Waals surface area contributed by atoms with Crippen LogP contribution >= 0.6 is 11.3 Å². The molecule has 0 saturated carbocycles. The van der Waals surface area contributed by atoms with Gasteiger partial charge in [-0.2, -0.15) is 0 Å². The van der Waals surface area contributed by atoms with Gasteiger partial charge in [-0.1, -0.05) is 6.92 Å². The van der Waals surface area contributed by atoms with Crippen molar-refractivity contribution >= 4 is 16.5 Å². The normalized spacial score (nSPS) is 14.7. The van der Waals surface area contributed by atoms with Gasteiger partial charge in [0.25, 0.3) is 0 Å². The van der Waals surface area contributed by atoms with E-state index in [1.54, 1.807) is 17.7 Å². The smallest absolute Gasteiger partial charge is 0.186 e. The largest absolute Gasteiger partial charge is 0.339 e. The zero-order valence-electron chi connectivity index (χ0n) is 11.3. The number of fused-ring (bicyclic) bond motifs is 1. The maximum Gasteiger partial charge on any atom is 0.186 e. The van der Waals surface area contributed by atoms with Crippen LogP contribution in [0.2, 0.25) is 0 Å². The molecule has 7 heteroatoms. The molecule has 1 aliphatic heterocycles. The molecule has 2 aromatic rings. The average molecular weight is 278 g/mol. The highest BCUT2D eigenvalue weighted by Gasteiger charge is 2.21. The van der Waals surface area contributed by atoms with Crippen LogP contribution in [0.15, 0.2) is 6.33 Å². The summed E-state index contributed by atoms with van der Waals surface area (Å²) >= 11 is 1.79. The molecule has 1 N–H and O–H groups in total. The third-order valence-electron chi connectivity index (χ3n) is 3.35. The quantitative estimate of drug-likeness (QED) is 0.905. The monoisotopic (exact) mass is 278 g/mol. The molecule has 102 valence electrons. The van der Waals surface area contributed by atoms with Crippen LogP contribution in [0.25, 0.3) is 0 Å². The number of hydrogen-bond donors (Lipinski definition) is 1. The van der Waals surface area contributed by atoms with Gasteiger partial charge in [-0.15, -0.1) is 21.5 Å². The van der Waals surface area contributed by atoms with Crippen LogP contribution in [-0.4, -0.2) is 33.3 Å². The summed E-state index contributed by atoms with van der Waals surface area (Å²) in [5.41, 5.74) is 1.21. The molecule has 2 aromatic heterocycles. The summed E-state index contributed by atoms with van der Waals surface area (Å²) in [6, 6.07) is 0. The second-order valence-corrected chi connectivity index (χ2v) is 5.67. The van der Waals surface area contributed by atoms with Gasteiger partial charge in [0.05, 0.1) is 12.2 Å². The number of hydrogen-bond acceptors (Lipinski definition) is 6. The maximum absolute atomic E-state index is 4.78. The van der Waals surface area contributed by atoms with Crippen LogP contribution in [0.4, 0.5) is 5.13 Å². The number of aromatic nitrogens is 4. The Morgan fingerprint density at radius 1 is 1.42 bits per heavy atom. The van der Waals surface area contributed by atoms with Gasteiger partial charge in [0.1, 0.15) is 6.33 Å². The van der Waals surface area contributed by atoms with Crippen molar-refractivity contribution < 1.29 is 0 Å². The lowest BCUT2D eigenvalue weighted by atomic mass is 10.3. The number of aryl methyl sites for hydroxylation is 1. The molecule has 3 rings (SSSR count). The minimum absolute atomic E-state index is 0.801. The zero-order chi connectivity index (χ0) is 13.2. The van der Waals surface area contributed by atoms with E-state index in [1.807, 2.05) is 7.05 Å². The second-order valence-electron chi connectivity index (χ2n) is 4.61. The van der Waals surface area contributed by atoms with E-state index in [-0.39, 0.29) is 0 Å². The number of nitrogens with one attached hydrogen (secondary N) is 1. The van der Waals surface area contributed by atoms with Crippen molar-refractivity contribution in [3.63, 3.8) is 0 Å². The van der Waals surface area contributed by atoms with Gasteiger partial charge in [0.2, 0.25) is 0 Å². The summed E-state index contributed by atoms with van der Waals surface area (Å²) in [5, 5.41) is 12.4. The minimum atomic E-state index is 0.801. The lowest BCUT2D eigenvalue weighted by Crippen LogP contribution is -2.33. The van der Waals surface area contributed by atoms with Gasteiger partial charge < -0.3 is 14.8 Å². The molecule has 19 heavy (non-hydrogen) atoms. The van der Waals surface area contributed by atoms with Crippen molar-refractivity contribution in [3.05, 3.63) is 22.7 Å². The van der Waals surface area contributed by atoms with E-state index in [2.05, 4.69) is 31.9 Å². The molecule has 3 heterocycles. The van der Waals surface area contributed by atoms with E-state index in [0.717, 1.165) is 43.6 Å².